The number of hydrogen-bond donors (Lipinski definition) is 2. The number of aromatic nitrogens is 3. The van der Waals surface area contributed by atoms with Crippen LogP contribution in [0.5, 0.6) is 0 Å². The van der Waals surface area contributed by atoms with E-state index in [2.05, 4.69) is 19.9 Å². The predicted molar refractivity (Wildman–Crippen MR) is 56.5 cm³/mol. The SMILES string of the molecule is Nc1cnccc1NC(=O)c1csnn1. The zero-order valence-corrected chi connectivity index (χ0v) is 8.36. The number of hydrogen-bond acceptors (Lipinski definition) is 6. The van der Waals surface area contributed by atoms with Crippen molar-refractivity contribution in [2.45, 2.75) is 0 Å². The van der Waals surface area contributed by atoms with Crippen LogP contribution in [-0.2, 0) is 0 Å². The molecule has 0 fully saturated rings. The minimum atomic E-state index is -0.332. The van der Waals surface area contributed by atoms with Crippen molar-refractivity contribution < 1.29 is 4.79 Å². The highest BCUT2D eigenvalue weighted by molar-refractivity contribution is 7.03. The van der Waals surface area contributed by atoms with Gasteiger partial charge in [0, 0.05) is 11.6 Å². The van der Waals surface area contributed by atoms with E-state index in [0.717, 1.165) is 11.5 Å². The second kappa shape index (κ2) is 4.01. The van der Waals surface area contributed by atoms with E-state index in [0.29, 0.717) is 11.4 Å². The Kier molecular flexibility index (Phi) is 2.55. The van der Waals surface area contributed by atoms with E-state index in [9.17, 15) is 4.79 Å². The first kappa shape index (κ1) is 9.53. The monoisotopic (exact) mass is 221 g/mol. The molecule has 0 spiro atoms. The van der Waals surface area contributed by atoms with Crippen molar-refractivity contribution in [1.29, 1.82) is 0 Å². The summed E-state index contributed by atoms with van der Waals surface area (Å²) in [6, 6.07) is 1.62. The maximum Gasteiger partial charge on any atom is 0.277 e. The molecule has 0 aromatic carbocycles. The molecule has 76 valence electrons. The quantitative estimate of drug-likeness (QED) is 0.781. The van der Waals surface area contributed by atoms with E-state index >= 15 is 0 Å². The zero-order valence-electron chi connectivity index (χ0n) is 7.54. The Morgan fingerprint density at radius 1 is 1.53 bits per heavy atom. The minimum Gasteiger partial charge on any atom is -0.396 e. The van der Waals surface area contributed by atoms with Gasteiger partial charge >= 0.3 is 0 Å². The molecule has 0 aliphatic rings. The molecule has 0 unspecified atom stereocenters. The Morgan fingerprint density at radius 3 is 3.07 bits per heavy atom. The van der Waals surface area contributed by atoms with Crippen molar-refractivity contribution in [2.24, 2.45) is 0 Å². The van der Waals surface area contributed by atoms with Gasteiger partial charge in [-0.05, 0) is 17.6 Å². The molecular formula is C8H7N5OS. The van der Waals surface area contributed by atoms with Gasteiger partial charge in [0.15, 0.2) is 5.69 Å². The Morgan fingerprint density at radius 2 is 2.40 bits per heavy atom. The molecule has 7 heteroatoms. The van der Waals surface area contributed by atoms with Crippen LogP contribution in [0.2, 0.25) is 0 Å². The summed E-state index contributed by atoms with van der Waals surface area (Å²) in [7, 11) is 0. The van der Waals surface area contributed by atoms with Crippen molar-refractivity contribution in [2.75, 3.05) is 11.1 Å². The highest BCUT2D eigenvalue weighted by Gasteiger charge is 2.10. The molecule has 0 aliphatic heterocycles. The number of pyridine rings is 1. The Balaban J connectivity index is 2.17. The molecule has 2 aromatic heterocycles. The Bertz CT molecular complexity index is 470. The van der Waals surface area contributed by atoms with Gasteiger partial charge < -0.3 is 11.1 Å². The summed E-state index contributed by atoms with van der Waals surface area (Å²) in [5, 5.41) is 7.82. The molecule has 2 heterocycles. The highest BCUT2D eigenvalue weighted by atomic mass is 32.1. The topological polar surface area (TPSA) is 93.8 Å². The first-order valence-electron chi connectivity index (χ1n) is 4.05. The summed E-state index contributed by atoms with van der Waals surface area (Å²) in [6.07, 6.45) is 3.01. The summed E-state index contributed by atoms with van der Waals surface area (Å²) in [4.78, 5) is 15.4. The van der Waals surface area contributed by atoms with Gasteiger partial charge in [-0.2, -0.15) is 0 Å². The van der Waals surface area contributed by atoms with Crippen LogP contribution in [0.4, 0.5) is 11.4 Å². The smallest absolute Gasteiger partial charge is 0.277 e. The number of carbonyl (C=O) groups is 1. The van der Waals surface area contributed by atoms with Crippen molar-refractivity contribution in [1.82, 2.24) is 14.6 Å². The van der Waals surface area contributed by atoms with E-state index in [1.807, 2.05) is 0 Å². The van der Waals surface area contributed by atoms with Crippen LogP contribution >= 0.6 is 11.5 Å². The number of amides is 1. The summed E-state index contributed by atoms with van der Waals surface area (Å²) in [5.41, 5.74) is 6.81. The molecule has 0 radical (unpaired) electrons. The fourth-order valence-corrected chi connectivity index (χ4v) is 1.41. The molecule has 0 saturated heterocycles. The number of nitrogens with two attached hydrogens (primary N) is 1. The van der Waals surface area contributed by atoms with E-state index in [-0.39, 0.29) is 11.6 Å². The van der Waals surface area contributed by atoms with Gasteiger partial charge in [0.05, 0.1) is 17.6 Å². The summed E-state index contributed by atoms with van der Waals surface area (Å²) < 4.78 is 3.59. The number of nitrogen functional groups attached to an aromatic ring is 1. The van der Waals surface area contributed by atoms with Crippen molar-refractivity contribution in [3.05, 3.63) is 29.5 Å². The molecule has 0 aliphatic carbocycles. The van der Waals surface area contributed by atoms with E-state index in [1.54, 1.807) is 17.6 Å². The van der Waals surface area contributed by atoms with Crippen LogP contribution in [0.1, 0.15) is 10.5 Å². The Hall–Kier alpha value is -2.02. The zero-order chi connectivity index (χ0) is 10.7. The maximum atomic E-state index is 11.5. The molecule has 2 rings (SSSR count). The van der Waals surface area contributed by atoms with E-state index < -0.39 is 0 Å². The predicted octanol–water partition coefficient (Wildman–Crippen LogP) is 0.768. The van der Waals surface area contributed by atoms with Crippen molar-refractivity contribution >= 4 is 28.8 Å². The van der Waals surface area contributed by atoms with Crippen molar-refractivity contribution in [3.63, 3.8) is 0 Å². The third kappa shape index (κ3) is 2.08. The largest absolute Gasteiger partial charge is 0.396 e. The fraction of sp³-hybridized carbons (Fsp3) is 0. The third-order valence-electron chi connectivity index (χ3n) is 1.69. The molecule has 2 aromatic rings. The summed E-state index contributed by atoms with van der Waals surface area (Å²) >= 11 is 1.12. The number of nitrogens with one attached hydrogen (secondary N) is 1. The van der Waals surface area contributed by atoms with Crippen LogP contribution in [-0.4, -0.2) is 20.5 Å². The molecule has 15 heavy (non-hydrogen) atoms. The van der Waals surface area contributed by atoms with Gasteiger partial charge in [-0.25, -0.2) is 0 Å². The fourth-order valence-electron chi connectivity index (χ4n) is 0.970. The molecule has 0 bridgehead atoms. The van der Waals surface area contributed by atoms with Gasteiger partial charge in [-0.1, -0.05) is 4.49 Å². The van der Waals surface area contributed by atoms with Gasteiger partial charge in [-0.15, -0.1) is 5.10 Å². The highest BCUT2D eigenvalue weighted by Crippen LogP contribution is 2.15. The molecule has 3 N–H and O–H groups in total. The molecule has 0 saturated carbocycles. The maximum absolute atomic E-state index is 11.5. The lowest BCUT2D eigenvalue weighted by molar-refractivity contribution is 0.102. The van der Waals surface area contributed by atoms with Gasteiger partial charge in [0.25, 0.3) is 5.91 Å². The second-order valence-corrected chi connectivity index (χ2v) is 3.32. The summed E-state index contributed by atoms with van der Waals surface area (Å²) in [5.74, 6) is -0.332. The number of nitrogens with zero attached hydrogens (tertiary/aromatic N) is 3. The molecular weight excluding hydrogens is 214 g/mol. The normalized spacial score (nSPS) is 9.87. The first-order valence-corrected chi connectivity index (χ1v) is 4.89. The number of rotatable bonds is 2. The molecule has 1 amide bonds. The van der Waals surface area contributed by atoms with Crippen molar-refractivity contribution in [3.8, 4) is 0 Å². The minimum absolute atomic E-state index is 0.274. The average Bonchev–Trinajstić information content (AvgIpc) is 2.74. The van der Waals surface area contributed by atoms with Gasteiger partial charge in [0.1, 0.15) is 0 Å². The lowest BCUT2D eigenvalue weighted by Gasteiger charge is -2.04. The first-order chi connectivity index (χ1) is 7.27. The van der Waals surface area contributed by atoms with Gasteiger partial charge in [-0.3, -0.25) is 9.78 Å². The van der Waals surface area contributed by atoms with Crippen LogP contribution < -0.4 is 11.1 Å². The lowest BCUT2D eigenvalue weighted by atomic mass is 10.3. The second-order valence-electron chi connectivity index (χ2n) is 2.71. The molecule has 6 nitrogen and oxygen atoms in total. The molecule has 0 atom stereocenters. The third-order valence-corrected chi connectivity index (χ3v) is 2.20. The average molecular weight is 221 g/mol. The standard InChI is InChI=1S/C8H7N5OS/c9-5-3-10-2-1-6(5)11-8(14)7-4-15-13-12-7/h1-4H,9H2,(H,10,11,14). The van der Waals surface area contributed by atoms with Gasteiger partial charge in [0.2, 0.25) is 0 Å². The van der Waals surface area contributed by atoms with Crippen LogP contribution in [0.15, 0.2) is 23.8 Å². The number of carbonyl (C=O) groups excluding carboxylic acids is 1. The van der Waals surface area contributed by atoms with Crippen LogP contribution in [0.25, 0.3) is 0 Å². The van der Waals surface area contributed by atoms with Crippen LogP contribution in [0, 0.1) is 0 Å². The van der Waals surface area contributed by atoms with E-state index in [1.165, 1.54) is 6.20 Å². The van der Waals surface area contributed by atoms with E-state index in [4.69, 9.17) is 5.73 Å². The number of anilines is 2. The summed E-state index contributed by atoms with van der Waals surface area (Å²) in [6.45, 7) is 0. The lowest BCUT2D eigenvalue weighted by Crippen LogP contribution is -2.13. The Labute approximate surface area is 89.3 Å². The van der Waals surface area contributed by atoms with Crippen LogP contribution in [0.3, 0.4) is 0 Å².